The van der Waals surface area contributed by atoms with Crippen molar-refractivity contribution >= 4 is 5.78 Å². The van der Waals surface area contributed by atoms with Crippen molar-refractivity contribution in [2.24, 2.45) is 11.8 Å². The molecule has 0 amide bonds. The Morgan fingerprint density at radius 3 is 2.37 bits per heavy atom. The molecular weight excluding hydrogens is 672 g/mol. The normalized spacial score (nSPS) is 52.4. The van der Waals surface area contributed by atoms with Crippen molar-refractivity contribution in [3.8, 4) is 0 Å². The highest BCUT2D eigenvalue weighted by molar-refractivity contribution is 5.79. The standard InChI is InChI=1S/C40H58O12/c1-19-11-24-5-7-28-20(2)12-26(45-28)9-10-40-17-33-36(51-40)37-38(50-33)39(52-40)35-29(49-37)8-6-25(47-35)13-22(42)14-27-31(16-30(46-24)21(19)3)48-32(34(27)44-4)15-23(43)18-41/h19,23-39,41,43H,2-3,5-18H2,1,4H3/t19-,23-,24+,25-,26+,27+,28+,29+,30-,31+,32-,33-,34-,35+,36+,37?,38-,39+,40+/m1/s1. The summed E-state index contributed by atoms with van der Waals surface area (Å²) in [5.41, 5.74) is 2.17. The Balaban J connectivity index is 0.994. The maximum Gasteiger partial charge on any atom is 0.172 e. The highest BCUT2D eigenvalue weighted by Gasteiger charge is 2.68. The van der Waals surface area contributed by atoms with E-state index in [4.69, 9.17) is 42.6 Å². The summed E-state index contributed by atoms with van der Waals surface area (Å²) < 4.78 is 59.8. The molecule has 2 N–H and O–H groups in total. The molecule has 19 atom stereocenters. The lowest BCUT2D eigenvalue weighted by Crippen LogP contribution is -2.61. The van der Waals surface area contributed by atoms with E-state index in [1.807, 2.05) is 0 Å². The molecule has 52 heavy (non-hydrogen) atoms. The van der Waals surface area contributed by atoms with E-state index in [9.17, 15) is 15.0 Å². The van der Waals surface area contributed by atoms with Crippen molar-refractivity contribution in [3.63, 3.8) is 0 Å². The summed E-state index contributed by atoms with van der Waals surface area (Å²) in [7, 11) is 1.63. The molecule has 10 aliphatic rings. The van der Waals surface area contributed by atoms with Crippen LogP contribution in [0.3, 0.4) is 0 Å². The van der Waals surface area contributed by atoms with Crippen LogP contribution in [-0.4, -0.2) is 133 Å². The zero-order valence-electron chi connectivity index (χ0n) is 30.7. The molecule has 12 heteroatoms. The number of carbonyl (C=O) groups excluding carboxylic acids is 1. The molecule has 12 nitrogen and oxygen atoms in total. The van der Waals surface area contributed by atoms with Crippen LogP contribution in [0.25, 0.3) is 0 Å². The molecule has 10 rings (SSSR count). The third-order valence-corrected chi connectivity index (χ3v) is 13.9. The van der Waals surface area contributed by atoms with E-state index in [-0.39, 0.29) is 123 Å². The number of aliphatic hydroxyl groups is 2. The molecule has 10 aliphatic heterocycles. The number of fused-ring (bicyclic) bond motifs is 6. The summed E-state index contributed by atoms with van der Waals surface area (Å²) in [5, 5.41) is 20.1. The molecule has 10 fully saturated rings. The first-order valence-electron chi connectivity index (χ1n) is 20.1. The number of ketones is 1. The van der Waals surface area contributed by atoms with Gasteiger partial charge in [-0.05, 0) is 62.0 Å². The second kappa shape index (κ2) is 14.3. The number of aliphatic hydroxyl groups excluding tert-OH is 2. The van der Waals surface area contributed by atoms with Crippen molar-refractivity contribution in [2.75, 3.05) is 13.7 Å². The molecular formula is C40H58O12. The number of Topliss-reactive ketones (excluding diaryl/α,β-unsaturated/α-hetero) is 1. The minimum atomic E-state index is -0.951. The maximum absolute atomic E-state index is 14.0. The predicted octanol–water partition coefficient (Wildman–Crippen LogP) is 3.47. The molecule has 1 spiro atoms. The number of ether oxygens (including phenoxy) is 9. The second-order valence-electron chi connectivity index (χ2n) is 17.4. The van der Waals surface area contributed by atoms with Crippen LogP contribution in [0.5, 0.6) is 0 Å². The van der Waals surface area contributed by atoms with Crippen molar-refractivity contribution in [2.45, 2.75) is 194 Å². The molecule has 10 heterocycles. The molecule has 12 bridgehead atoms. The minimum absolute atomic E-state index is 0.0260. The Morgan fingerprint density at radius 1 is 0.788 bits per heavy atom. The predicted molar refractivity (Wildman–Crippen MR) is 184 cm³/mol. The van der Waals surface area contributed by atoms with Crippen LogP contribution in [0.2, 0.25) is 0 Å². The van der Waals surface area contributed by atoms with Crippen LogP contribution in [-0.2, 0) is 47.4 Å². The number of methoxy groups -OCH3 is 1. The van der Waals surface area contributed by atoms with Gasteiger partial charge in [-0.15, -0.1) is 0 Å². The lowest BCUT2D eigenvalue weighted by atomic mass is 9.81. The quantitative estimate of drug-likeness (QED) is 0.410. The van der Waals surface area contributed by atoms with E-state index in [0.717, 1.165) is 49.7 Å². The van der Waals surface area contributed by atoms with Gasteiger partial charge in [-0.1, -0.05) is 20.1 Å². The third kappa shape index (κ3) is 6.59. The number of hydrogen-bond acceptors (Lipinski definition) is 12. The van der Waals surface area contributed by atoms with Gasteiger partial charge in [-0.25, -0.2) is 0 Å². The highest BCUT2D eigenvalue weighted by Crippen LogP contribution is 2.54. The summed E-state index contributed by atoms with van der Waals surface area (Å²) in [5.74, 6) is -0.709. The molecule has 1 unspecified atom stereocenters. The van der Waals surface area contributed by atoms with E-state index in [2.05, 4.69) is 20.1 Å². The van der Waals surface area contributed by atoms with E-state index >= 15 is 0 Å². The van der Waals surface area contributed by atoms with Gasteiger partial charge in [0.15, 0.2) is 5.79 Å². The Bertz CT molecular complexity index is 1370. The van der Waals surface area contributed by atoms with Crippen LogP contribution < -0.4 is 0 Å². The van der Waals surface area contributed by atoms with Gasteiger partial charge in [-0.2, -0.15) is 0 Å². The SMILES string of the molecule is C=C1C[C@@H]2CC[C@@]34C[C@H]5O[C@@H]6C(O[C@H]7CC[C@H](CC(=O)C[C@@H]8[C@@H](OC)[C@@H](C[C@@H](O)CO)O[C@H]8C[C@H]8O[C@@H](CC[C@@H]1O2)C[C@@H](C)C8=C)O[C@@H]7[C@@H]6O3)[C@H]5O4. The van der Waals surface area contributed by atoms with Gasteiger partial charge in [-0.3, -0.25) is 4.79 Å². The Labute approximate surface area is 306 Å². The van der Waals surface area contributed by atoms with Gasteiger partial charge >= 0.3 is 0 Å². The lowest BCUT2D eigenvalue weighted by Gasteiger charge is -2.47. The number of rotatable bonds is 4. The fraction of sp³-hybridized carbons (Fsp3) is 0.875. The van der Waals surface area contributed by atoms with Gasteiger partial charge < -0.3 is 52.8 Å². The van der Waals surface area contributed by atoms with E-state index in [0.29, 0.717) is 25.7 Å². The highest BCUT2D eigenvalue weighted by atomic mass is 16.8. The molecule has 0 aromatic heterocycles. The fourth-order valence-electron chi connectivity index (χ4n) is 11.3. The first-order chi connectivity index (χ1) is 25.1. The van der Waals surface area contributed by atoms with Crippen LogP contribution >= 0.6 is 0 Å². The Kier molecular flexibility index (Phi) is 10.0. The van der Waals surface area contributed by atoms with Gasteiger partial charge in [0.05, 0.1) is 73.8 Å². The fourth-order valence-corrected chi connectivity index (χ4v) is 11.3. The Morgan fingerprint density at radius 2 is 1.54 bits per heavy atom. The first kappa shape index (κ1) is 36.4. The van der Waals surface area contributed by atoms with Crippen molar-refractivity contribution in [1.29, 1.82) is 0 Å². The van der Waals surface area contributed by atoms with Gasteiger partial charge in [0, 0.05) is 51.6 Å². The largest absolute Gasteiger partial charge is 0.394 e. The summed E-state index contributed by atoms with van der Waals surface area (Å²) in [6.45, 7) is 10.7. The molecule has 10 saturated heterocycles. The smallest absolute Gasteiger partial charge is 0.172 e. The summed E-state index contributed by atoms with van der Waals surface area (Å²) in [4.78, 5) is 14.0. The van der Waals surface area contributed by atoms with Crippen LogP contribution in [0, 0.1) is 11.8 Å². The second-order valence-corrected chi connectivity index (χ2v) is 17.4. The molecule has 0 aliphatic carbocycles. The minimum Gasteiger partial charge on any atom is -0.394 e. The zero-order valence-corrected chi connectivity index (χ0v) is 30.7. The number of hydrogen-bond donors (Lipinski definition) is 2. The monoisotopic (exact) mass is 730 g/mol. The summed E-state index contributed by atoms with van der Waals surface area (Å²) in [6, 6.07) is 0. The van der Waals surface area contributed by atoms with E-state index in [1.54, 1.807) is 7.11 Å². The van der Waals surface area contributed by atoms with Crippen LogP contribution in [0.1, 0.15) is 90.4 Å². The van der Waals surface area contributed by atoms with Crippen molar-refractivity contribution < 1.29 is 57.6 Å². The van der Waals surface area contributed by atoms with Gasteiger partial charge in [0.1, 0.15) is 36.3 Å². The zero-order chi connectivity index (χ0) is 35.9. The summed E-state index contributed by atoms with van der Waals surface area (Å²) >= 11 is 0. The lowest BCUT2D eigenvalue weighted by molar-refractivity contribution is -0.292. The Hall–Kier alpha value is -1.29. The summed E-state index contributed by atoms with van der Waals surface area (Å²) in [6.07, 6.45) is 4.01. The maximum atomic E-state index is 14.0. The van der Waals surface area contributed by atoms with Crippen molar-refractivity contribution in [1.82, 2.24) is 0 Å². The average molecular weight is 731 g/mol. The van der Waals surface area contributed by atoms with Crippen molar-refractivity contribution in [3.05, 3.63) is 24.3 Å². The number of carbonyl (C=O) groups is 1. The first-order valence-corrected chi connectivity index (χ1v) is 20.1. The van der Waals surface area contributed by atoms with Gasteiger partial charge in [0.25, 0.3) is 0 Å². The van der Waals surface area contributed by atoms with Crippen LogP contribution in [0.4, 0.5) is 0 Å². The average Bonchev–Trinajstić information content (AvgIpc) is 3.79. The topological polar surface area (TPSA) is 141 Å². The van der Waals surface area contributed by atoms with E-state index < -0.39 is 24.1 Å². The molecule has 290 valence electrons. The molecule has 0 aromatic carbocycles. The molecule has 0 radical (unpaired) electrons. The molecule has 0 saturated carbocycles. The van der Waals surface area contributed by atoms with Crippen LogP contribution in [0.15, 0.2) is 24.3 Å². The third-order valence-electron chi connectivity index (χ3n) is 13.9. The van der Waals surface area contributed by atoms with E-state index in [1.165, 1.54) is 0 Å². The molecule has 0 aromatic rings. The van der Waals surface area contributed by atoms with Gasteiger partial charge in [0.2, 0.25) is 0 Å².